The van der Waals surface area contributed by atoms with E-state index in [-0.39, 0.29) is 11.4 Å². The maximum absolute atomic E-state index is 13.5. The molecule has 0 saturated heterocycles. The molecule has 0 saturated carbocycles. The summed E-state index contributed by atoms with van der Waals surface area (Å²) in [5.41, 5.74) is 0.365. The SMILES string of the molecule is COc1ccc(S(=O)(=O)N2C[C@@H](C(=O)Nc3nnc(SC(C)C)s3)Oc3ccccc32)cc1. The van der Waals surface area contributed by atoms with Gasteiger partial charge in [0.25, 0.3) is 15.9 Å². The number of para-hydroxylation sites is 2. The van der Waals surface area contributed by atoms with Gasteiger partial charge in [0.1, 0.15) is 11.5 Å². The van der Waals surface area contributed by atoms with Crippen LogP contribution in [0.15, 0.2) is 57.8 Å². The van der Waals surface area contributed by atoms with Crippen molar-refractivity contribution in [1.29, 1.82) is 0 Å². The number of benzene rings is 2. The second kappa shape index (κ2) is 9.57. The number of carbonyl (C=O) groups is 1. The molecule has 0 radical (unpaired) electrons. The molecule has 2 heterocycles. The lowest BCUT2D eigenvalue weighted by molar-refractivity contribution is -0.122. The molecule has 174 valence electrons. The van der Waals surface area contributed by atoms with E-state index in [9.17, 15) is 13.2 Å². The minimum Gasteiger partial charge on any atom is -0.497 e. The Hall–Kier alpha value is -2.83. The van der Waals surface area contributed by atoms with E-state index in [4.69, 9.17) is 9.47 Å². The van der Waals surface area contributed by atoms with Crippen molar-refractivity contribution in [2.45, 2.75) is 34.4 Å². The van der Waals surface area contributed by atoms with Gasteiger partial charge in [-0.15, -0.1) is 10.2 Å². The predicted molar refractivity (Wildman–Crippen MR) is 128 cm³/mol. The van der Waals surface area contributed by atoms with Gasteiger partial charge in [0.05, 0.1) is 24.2 Å². The predicted octanol–water partition coefficient (Wildman–Crippen LogP) is 3.64. The summed E-state index contributed by atoms with van der Waals surface area (Å²) in [4.78, 5) is 13.0. The first-order valence-electron chi connectivity index (χ1n) is 10.0. The molecule has 0 spiro atoms. The molecular formula is C21H22N4O5S3. The van der Waals surface area contributed by atoms with Crippen LogP contribution in [0.3, 0.4) is 0 Å². The van der Waals surface area contributed by atoms with E-state index in [0.717, 1.165) is 4.34 Å². The Morgan fingerprint density at radius 2 is 1.94 bits per heavy atom. The fourth-order valence-electron chi connectivity index (χ4n) is 3.14. The Labute approximate surface area is 200 Å². The van der Waals surface area contributed by atoms with E-state index >= 15 is 0 Å². The highest BCUT2D eigenvalue weighted by Gasteiger charge is 2.37. The summed E-state index contributed by atoms with van der Waals surface area (Å²) in [6.07, 6.45) is -1.07. The summed E-state index contributed by atoms with van der Waals surface area (Å²) in [7, 11) is -2.45. The molecule has 1 aliphatic heterocycles. The van der Waals surface area contributed by atoms with Crippen molar-refractivity contribution in [2.24, 2.45) is 0 Å². The largest absolute Gasteiger partial charge is 0.497 e. The number of fused-ring (bicyclic) bond motifs is 1. The molecule has 9 nitrogen and oxygen atoms in total. The number of amides is 1. The molecule has 0 unspecified atom stereocenters. The monoisotopic (exact) mass is 506 g/mol. The quantitative estimate of drug-likeness (QED) is 0.382. The van der Waals surface area contributed by atoms with Crippen molar-refractivity contribution in [3.05, 3.63) is 48.5 Å². The average molecular weight is 507 g/mol. The summed E-state index contributed by atoms with van der Waals surface area (Å²) < 4.78 is 39.8. The molecular weight excluding hydrogens is 484 g/mol. The summed E-state index contributed by atoms with van der Waals surface area (Å²) in [6, 6.07) is 12.8. The molecule has 1 atom stereocenters. The molecule has 3 aromatic rings. The number of sulfonamides is 1. The van der Waals surface area contributed by atoms with E-state index < -0.39 is 22.0 Å². The van der Waals surface area contributed by atoms with E-state index in [1.54, 1.807) is 48.2 Å². The van der Waals surface area contributed by atoms with Gasteiger partial charge in [-0.2, -0.15) is 0 Å². The van der Waals surface area contributed by atoms with Crippen molar-refractivity contribution in [3.8, 4) is 11.5 Å². The van der Waals surface area contributed by atoms with Crippen LogP contribution in [0, 0.1) is 0 Å². The smallest absolute Gasteiger partial charge is 0.269 e. The molecule has 2 aromatic carbocycles. The Balaban J connectivity index is 1.59. The van der Waals surface area contributed by atoms with Crippen LogP contribution in [0.2, 0.25) is 0 Å². The molecule has 4 rings (SSSR count). The van der Waals surface area contributed by atoms with Crippen LogP contribution in [0.5, 0.6) is 11.5 Å². The van der Waals surface area contributed by atoms with Crippen molar-refractivity contribution in [2.75, 3.05) is 23.3 Å². The summed E-state index contributed by atoms with van der Waals surface area (Å²) in [5.74, 6) is 0.339. The van der Waals surface area contributed by atoms with E-state index in [1.165, 1.54) is 34.9 Å². The number of carbonyl (C=O) groups excluding carboxylic acids is 1. The second-order valence-corrected chi connectivity index (χ2v) is 12.0. The summed E-state index contributed by atoms with van der Waals surface area (Å²) in [6.45, 7) is 3.88. The van der Waals surface area contributed by atoms with Crippen molar-refractivity contribution in [1.82, 2.24) is 10.2 Å². The van der Waals surface area contributed by atoms with Gasteiger partial charge >= 0.3 is 0 Å². The van der Waals surface area contributed by atoms with Gasteiger partial charge in [0.15, 0.2) is 10.4 Å². The lowest BCUT2D eigenvalue weighted by Gasteiger charge is -2.34. The third-order valence-corrected chi connectivity index (χ3v) is 8.37. The third-order valence-electron chi connectivity index (χ3n) is 4.65. The van der Waals surface area contributed by atoms with Gasteiger partial charge < -0.3 is 9.47 Å². The lowest BCUT2D eigenvalue weighted by Crippen LogP contribution is -2.48. The number of methoxy groups -OCH3 is 1. The number of thioether (sulfide) groups is 1. The van der Waals surface area contributed by atoms with E-state index in [2.05, 4.69) is 15.5 Å². The van der Waals surface area contributed by atoms with Gasteiger partial charge in [-0.05, 0) is 36.4 Å². The fraction of sp³-hybridized carbons (Fsp3) is 0.286. The van der Waals surface area contributed by atoms with Gasteiger partial charge in [0.2, 0.25) is 5.13 Å². The van der Waals surface area contributed by atoms with Crippen LogP contribution in [-0.2, 0) is 14.8 Å². The molecule has 33 heavy (non-hydrogen) atoms. The molecule has 1 N–H and O–H groups in total. The second-order valence-electron chi connectivity index (χ2n) is 7.31. The van der Waals surface area contributed by atoms with Crippen LogP contribution < -0.4 is 19.1 Å². The van der Waals surface area contributed by atoms with E-state index in [0.29, 0.717) is 27.6 Å². The first kappa shape index (κ1) is 23.3. The maximum Gasteiger partial charge on any atom is 0.269 e. The van der Waals surface area contributed by atoms with Crippen LogP contribution in [0.1, 0.15) is 13.8 Å². The summed E-state index contributed by atoms with van der Waals surface area (Å²) >= 11 is 2.80. The highest BCUT2D eigenvalue weighted by molar-refractivity contribution is 8.01. The summed E-state index contributed by atoms with van der Waals surface area (Å²) in [5, 5.41) is 11.4. The Kier molecular flexibility index (Phi) is 6.77. The lowest BCUT2D eigenvalue weighted by atomic mass is 10.2. The molecule has 1 aliphatic rings. The third kappa shape index (κ3) is 5.07. The highest BCUT2D eigenvalue weighted by Crippen LogP contribution is 2.37. The Morgan fingerprint density at radius 1 is 1.21 bits per heavy atom. The maximum atomic E-state index is 13.5. The van der Waals surface area contributed by atoms with Crippen molar-refractivity contribution >= 4 is 49.8 Å². The van der Waals surface area contributed by atoms with Crippen molar-refractivity contribution in [3.63, 3.8) is 0 Å². The number of nitrogens with zero attached hydrogens (tertiary/aromatic N) is 3. The molecule has 0 aliphatic carbocycles. The molecule has 0 bridgehead atoms. The number of nitrogens with one attached hydrogen (secondary N) is 1. The van der Waals surface area contributed by atoms with Gasteiger partial charge in [-0.3, -0.25) is 14.4 Å². The minimum absolute atomic E-state index is 0.0821. The Morgan fingerprint density at radius 3 is 2.64 bits per heavy atom. The zero-order valence-corrected chi connectivity index (χ0v) is 20.5. The molecule has 1 amide bonds. The number of rotatable bonds is 7. The number of hydrogen-bond donors (Lipinski definition) is 1. The first-order chi connectivity index (χ1) is 15.8. The van der Waals surface area contributed by atoms with Gasteiger partial charge in [-0.1, -0.05) is 49.1 Å². The fourth-order valence-corrected chi connectivity index (χ4v) is 6.59. The number of anilines is 2. The molecule has 12 heteroatoms. The van der Waals surface area contributed by atoms with Gasteiger partial charge in [-0.25, -0.2) is 8.42 Å². The number of ether oxygens (including phenoxy) is 2. The Bertz CT molecular complexity index is 1240. The number of aromatic nitrogens is 2. The van der Waals surface area contributed by atoms with Crippen molar-refractivity contribution < 1.29 is 22.7 Å². The minimum atomic E-state index is -3.96. The molecule has 0 fully saturated rings. The molecule has 1 aromatic heterocycles. The number of hydrogen-bond acceptors (Lipinski definition) is 9. The highest BCUT2D eigenvalue weighted by atomic mass is 32.2. The zero-order valence-electron chi connectivity index (χ0n) is 18.1. The first-order valence-corrected chi connectivity index (χ1v) is 13.1. The van der Waals surface area contributed by atoms with Crippen LogP contribution in [-0.4, -0.2) is 49.5 Å². The van der Waals surface area contributed by atoms with Crippen LogP contribution >= 0.6 is 23.1 Å². The van der Waals surface area contributed by atoms with E-state index in [1.807, 2.05) is 13.8 Å². The van der Waals surface area contributed by atoms with Gasteiger partial charge in [0, 0.05) is 5.25 Å². The normalized spacial score (nSPS) is 15.6. The van der Waals surface area contributed by atoms with Crippen LogP contribution in [0.25, 0.3) is 0 Å². The topological polar surface area (TPSA) is 111 Å². The standard InChI is InChI=1S/C21H22N4O5S3/c1-13(2)31-21-24-23-20(32-21)22-19(26)18-12-25(16-6-4-5-7-17(16)30-18)33(27,28)15-10-8-14(29-3)9-11-15/h4-11,13,18H,12H2,1-3H3,(H,22,23,26)/t18-/m0/s1. The zero-order chi connectivity index (χ0) is 23.6. The average Bonchev–Trinajstić information content (AvgIpc) is 3.24. The van der Waals surface area contributed by atoms with Crippen LogP contribution in [0.4, 0.5) is 10.8 Å².